The number of Topliss-reactive ketones (excluding diaryl/α,β-unsaturated/α-hetero) is 1. The van der Waals surface area contributed by atoms with Crippen LogP contribution >= 0.6 is 0 Å². The molecule has 0 aliphatic heterocycles. The normalized spacial score (nSPS) is 11.0. The first-order valence-corrected chi connectivity index (χ1v) is 5.85. The third-order valence-corrected chi connectivity index (χ3v) is 2.28. The van der Waals surface area contributed by atoms with Crippen LogP contribution < -0.4 is 0 Å². The Morgan fingerprint density at radius 1 is 1.32 bits per heavy atom. The lowest BCUT2D eigenvalue weighted by molar-refractivity contribution is -0.138. The van der Waals surface area contributed by atoms with Crippen molar-refractivity contribution in [3.8, 4) is 5.75 Å². The lowest BCUT2D eigenvalue weighted by Gasteiger charge is -2.11. The quantitative estimate of drug-likeness (QED) is 0.287. The Morgan fingerprint density at radius 3 is 2.47 bits per heavy atom. The van der Waals surface area contributed by atoms with Gasteiger partial charge in [0.25, 0.3) is 0 Å². The van der Waals surface area contributed by atoms with Crippen LogP contribution in [0.25, 0.3) is 0 Å². The monoisotopic (exact) mass is 263 g/mol. The molecule has 0 spiro atoms. The van der Waals surface area contributed by atoms with Crippen molar-refractivity contribution < 1.29 is 19.4 Å². The Bertz CT molecular complexity index is 506. The zero-order valence-electron chi connectivity index (χ0n) is 11.2. The molecular formula is C14H17NO4. The molecule has 0 aliphatic rings. The van der Waals surface area contributed by atoms with Crippen molar-refractivity contribution >= 4 is 11.8 Å². The number of ketones is 1. The maximum Gasteiger partial charge on any atom is 0.343 e. The average Bonchev–Trinajstić information content (AvgIpc) is 2.36. The number of rotatable bonds is 5. The van der Waals surface area contributed by atoms with Crippen LogP contribution in [0.5, 0.6) is 5.75 Å². The fourth-order valence-electron chi connectivity index (χ4n) is 1.48. The molecule has 0 saturated heterocycles. The van der Waals surface area contributed by atoms with Crippen molar-refractivity contribution in [1.82, 2.24) is 4.90 Å². The van der Waals surface area contributed by atoms with Gasteiger partial charge in [-0.05, 0) is 19.1 Å². The summed E-state index contributed by atoms with van der Waals surface area (Å²) in [4.78, 5) is 25.6. The Balaban J connectivity index is 3.16. The van der Waals surface area contributed by atoms with E-state index in [0.717, 1.165) is 0 Å². The molecule has 5 heteroatoms. The first-order chi connectivity index (χ1) is 8.97. The molecule has 19 heavy (non-hydrogen) atoms. The van der Waals surface area contributed by atoms with Crippen LogP contribution in [-0.4, -0.2) is 42.5 Å². The summed E-state index contributed by atoms with van der Waals surface area (Å²) in [5.41, 5.74) is -0.0444. The summed E-state index contributed by atoms with van der Waals surface area (Å²) in [5.74, 6) is -1.43. The fraction of sp³-hybridized carbons (Fsp3) is 0.286. The molecule has 1 aromatic carbocycles. The van der Waals surface area contributed by atoms with Gasteiger partial charge >= 0.3 is 5.97 Å². The number of phenols is 1. The Morgan fingerprint density at radius 2 is 1.95 bits per heavy atom. The van der Waals surface area contributed by atoms with Crippen LogP contribution in [0.1, 0.15) is 17.3 Å². The summed E-state index contributed by atoms with van der Waals surface area (Å²) >= 11 is 0. The summed E-state index contributed by atoms with van der Waals surface area (Å²) in [6, 6.07) is 6.07. The Hall–Kier alpha value is -2.30. The van der Waals surface area contributed by atoms with Gasteiger partial charge in [0, 0.05) is 20.3 Å². The average molecular weight is 263 g/mol. The van der Waals surface area contributed by atoms with Crippen LogP contribution in [0.4, 0.5) is 0 Å². The van der Waals surface area contributed by atoms with Gasteiger partial charge in [0.2, 0.25) is 5.78 Å². The molecule has 0 radical (unpaired) electrons. The zero-order chi connectivity index (χ0) is 14.4. The number of esters is 1. The number of nitrogens with zero attached hydrogens (tertiary/aromatic N) is 1. The molecule has 1 N–H and O–H groups in total. The zero-order valence-corrected chi connectivity index (χ0v) is 11.2. The van der Waals surface area contributed by atoms with E-state index in [-0.39, 0.29) is 23.5 Å². The highest BCUT2D eigenvalue weighted by Gasteiger charge is 2.23. The maximum absolute atomic E-state index is 12.3. The minimum Gasteiger partial charge on any atom is -0.507 e. The minimum atomic E-state index is -0.704. The van der Waals surface area contributed by atoms with Gasteiger partial charge in [-0.3, -0.25) is 4.79 Å². The predicted octanol–water partition coefficient (Wildman–Crippen LogP) is 1.58. The first kappa shape index (κ1) is 14.8. The summed E-state index contributed by atoms with van der Waals surface area (Å²) in [6.07, 6.45) is 1.38. The molecule has 0 aliphatic carbocycles. The van der Waals surface area contributed by atoms with Crippen LogP contribution in [0.15, 0.2) is 36.0 Å². The second-order valence-corrected chi connectivity index (χ2v) is 4.07. The van der Waals surface area contributed by atoms with Gasteiger partial charge in [-0.2, -0.15) is 0 Å². The molecule has 0 heterocycles. The summed E-state index contributed by atoms with van der Waals surface area (Å²) < 4.78 is 4.85. The Labute approximate surface area is 112 Å². The van der Waals surface area contributed by atoms with E-state index in [1.165, 1.54) is 18.3 Å². The van der Waals surface area contributed by atoms with E-state index in [2.05, 4.69) is 0 Å². The number of phenolic OH excluding ortho intramolecular Hbond substituents is 1. The fourth-order valence-corrected chi connectivity index (χ4v) is 1.48. The van der Waals surface area contributed by atoms with Gasteiger partial charge in [0.15, 0.2) is 0 Å². The smallest absolute Gasteiger partial charge is 0.343 e. The molecule has 1 rings (SSSR count). The Kier molecular flexibility index (Phi) is 5.11. The number of hydrogen-bond acceptors (Lipinski definition) is 5. The van der Waals surface area contributed by atoms with Gasteiger partial charge < -0.3 is 14.7 Å². The second-order valence-electron chi connectivity index (χ2n) is 4.07. The lowest BCUT2D eigenvalue weighted by Crippen LogP contribution is -2.19. The molecule has 5 nitrogen and oxygen atoms in total. The van der Waals surface area contributed by atoms with Crippen molar-refractivity contribution in [1.29, 1.82) is 0 Å². The molecule has 1 aromatic rings. The van der Waals surface area contributed by atoms with Crippen molar-refractivity contribution in [2.45, 2.75) is 6.92 Å². The van der Waals surface area contributed by atoms with E-state index < -0.39 is 11.8 Å². The predicted molar refractivity (Wildman–Crippen MR) is 70.8 cm³/mol. The minimum absolute atomic E-state index is 0.0728. The van der Waals surface area contributed by atoms with E-state index in [0.29, 0.717) is 0 Å². The van der Waals surface area contributed by atoms with Gasteiger partial charge in [-0.25, -0.2) is 4.79 Å². The number of ether oxygens (including phenoxy) is 1. The topological polar surface area (TPSA) is 66.8 Å². The molecule has 0 fully saturated rings. The third-order valence-electron chi connectivity index (χ3n) is 2.28. The van der Waals surface area contributed by atoms with Crippen molar-refractivity contribution in [3.63, 3.8) is 0 Å². The van der Waals surface area contributed by atoms with E-state index in [9.17, 15) is 14.7 Å². The maximum atomic E-state index is 12.3. The number of benzene rings is 1. The van der Waals surface area contributed by atoms with Crippen LogP contribution in [0, 0.1) is 0 Å². The standard InChI is InChI=1S/C14H17NO4/c1-4-19-14(18)11(9-15(2)3)13(17)10-7-5-6-8-12(10)16/h5-9,16H,4H2,1-3H3/b11-9-. The van der Waals surface area contributed by atoms with Crippen molar-refractivity contribution in [3.05, 3.63) is 41.6 Å². The highest BCUT2D eigenvalue weighted by Crippen LogP contribution is 2.20. The van der Waals surface area contributed by atoms with Crippen molar-refractivity contribution in [2.24, 2.45) is 0 Å². The third kappa shape index (κ3) is 3.84. The van der Waals surface area contributed by atoms with E-state index in [1.54, 1.807) is 38.1 Å². The second kappa shape index (κ2) is 6.58. The van der Waals surface area contributed by atoms with Gasteiger partial charge in [-0.15, -0.1) is 0 Å². The molecule has 0 atom stereocenters. The highest BCUT2D eigenvalue weighted by atomic mass is 16.5. The van der Waals surface area contributed by atoms with Crippen LogP contribution in [-0.2, 0) is 9.53 Å². The molecule has 0 amide bonds. The summed E-state index contributed by atoms with van der Waals surface area (Å²) in [7, 11) is 3.38. The number of hydrogen-bond donors (Lipinski definition) is 1. The SMILES string of the molecule is CCOC(=O)/C(=C\N(C)C)C(=O)c1ccccc1O. The summed E-state index contributed by atoms with van der Waals surface area (Å²) in [6.45, 7) is 1.84. The molecule has 0 saturated carbocycles. The van der Waals surface area contributed by atoms with E-state index in [4.69, 9.17) is 4.74 Å². The molecule has 0 bridgehead atoms. The van der Waals surface area contributed by atoms with Gasteiger partial charge in [-0.1, -0.05) is 12.1 Å². The van der Waals surface area contributed by atoms with Gasteiger partial charge in [0.05, 0.1) is 12.2 Å². The molecule has 0 aromatic heterocycles. The molecule has 0 unspecified atom stereocenters. The van der Waals surface area contributed by atoms with Crippen molar-refractivity contribution in [2.75, 3.05) is 20.7 Å². The molecule has 102 valence electrons. The summed E-state index contributed by atoms with van der Waals surface area (Å²) in [5, 5.41) is 9.66. The van der Waals surface area contributed by atoms with E-state index in [1.807, 2.05) is 0 Å². The highest BCUT2D eigenvalue weighted by molar-refractivity contribution is 6.24. The van der Waals surface area contributed by atoms with Crippen LogP contribution in [0.2, 0.25) is 0 Å². The first-order valence-electron chi connectivity index (χ1n) is 5.85. The largest absolute Gasteiger partial charge is 0.507 e. The van der Waals surface area contributed by atoms with E-state index >= 15 is 0 Å². The number of carbonyl (C=O) groups excluding carboxylic acids is 2. The number of carbonyl (C=O) groups is 2. The molecular weight excluding hydrogens is 246 g/mol. The number of aromatic hydroxyl groups is 1. The van der Waals surface area contributed by atoms with Gasteiger partial charge in [0.1, 0.15) is 11.3 Å². The number of para-hydroxylation sites is 1. The van der Waals surface area contributed by atoms with Crippen LogP contribution in [0.3, 0.4) is 0 Å². The lowest BCUT2D eigenvalue weighted by atomic mass is 10.0.